The Morgan fingerprint density at radius 2 is 1.16 bits per heavy atom. The number of carboxylic acid groups (broad SMARTS) is 1. The van der Waals surface area contributed by atoms with Crippen molar-refractivity contribution in [2.24, 2.45) is 0 Å². The van der Waals surface area contributed by atoms with Gasteiger partial charge in [-0.2, -0.15) is 0 Å². The molecule has 15 atom stereocenters. The van der Waals surface area contributed by atoms with E-state index in [1.165, 1.54) is 39.3 Å². The second-order valence-corrected chi connectivity index (χ2v) is 14.6. The molecule has 24 nitrogen and oxygen atoms in total. The van der Waals surface area contributed by atoms with Gasteiger partial charge in [0.05, 0.1) is 38.6 Å². The number of aliphatic carboxylic acids is 1. The van der Waals surface area contributed by atoms with Gasteiger partial charge >= 0.3 is 23.3 Å². The fourth-order valence-electron chi connectivity index (χ4n) is 6.83. The fourth-order valence-corrected chi connectivity index (χ4v) is 6.83. The minimum absolute atomic E-state index is 0.0757. The number of aromatic hydroxyl groups is 2. The summed E-state index contributed by atoms with van der Waals surface area (Å²) in [6.45, 7) is 0.00316. The number of rotatable bonds is 14. The van der Waals surface area contributed by atoms with Crippen molar-refractivity contribution in [2.45, 2.75) is 105 Å². The number of carbonyl (C=O) groups excluding carboxylic acids is 1. The van der Waals surface area contributed by atoms with Crippen molar-refractivity contribution in [3.63, 3.8) is 0 Å². The maximum absolute atomic E-state index is 11.9. The van der Waals surface area contributed by atoms with Crippen molar-refractivity contribution in [3.8, 4) is 45.8 Å². The molecule has 0 spiro atoms. The van der Waals surface area contributed by atoms with E-state index >= 15 is 0 Å². The molecule has 3 saturated heterocycles. The normalized spacial score (nSPS) is 33.7. The molecule has 3 aliphatic rings. The quantitative estimate of drug-likeness (QED) is 0.0437. The first kappa shape index (κ1) is 46.6. The number of hydrogen-bond donors (Lipinski definition) is 12. The molecule has 0 bridgehead atoms. The molecular weight excluding hydrogens is 840 g/mol. The van der Waals surface area contributed by atoms with E-state index in [-0.39, 0.29) is 45.3 Å². The number of phenols is 2. The molecule has 62 heavy (non-hydrogen) atoms. The van der Waals surface area contributed by atoms with Crippen molar-refractivity contribution in [1.82, 2.24) is 0 Å². The largest absolute Gasteiger partial charge is 0.507 e. The number of methoxy groups -OCH3 is 2. The molecule has 1 aromatic heterocycles. The van der Waals surface area contributed by atoms with Gasteiger partial charge in [-0.3, -0.25) is 9.59 Å². The van der Waals surface area contributed by atoms with E-state index < -0.39 is 135 Å². The second kappa shape index (κ2) is 19.2. The van der Waals surface area contributed by atoms with E-state index in [1.807, 2.05) is 0 Å². The Kier molecular flexibility index (Phi) is 14.4. The van der Waals surface area contributed by atoms with Crippen molar-refractivity contribution in [3.05, 3.63) is 30.3 Å². The number of benzene rings is 2. The summed E-state index contributed by atoms with van der Waals surface area (Å²) < 4.78 is 56.1. The maximum Gasteiger partial charge on any atom is 0.402 e. The summed E-state index contributed by atoms with van der Waals surface area (Å²) in [6, 6.07) is 5.98. The predicted octanol–water partition coefficient (Wildman–Crippen LogP) is -2.96. The number of phenolic OH excluding ortho intramolecular Hbond substituents is 2. The lowest BCUT2D eigenvalue weighted by Crippen LogP contribution is -2.61. The van der Waals surface area contributed by atoms with Crippen LogP contribution in [0.4, 0.5) is 0 Å². The zero-order valence-corrected chi connectivity index (χ0v) is 32.9. The molecule has 342 valence electrons. The Morgan fingerprint density at radius 3 is 1.73 bits per heavy atom. The van der Waals surface area contributed by atoms with Crippen molar-refractivity contribution in [1.29, 1.82) is 0 Å². The third kappa shape index (κ3) is 9.66. The highest BCUT2D eigenvalue weighted by molar-refractivity contribution is 5.90. The van der Waals surface area contributed by atoms with Crippen LogP contribution in [0.25, 0.3) is 22.3 Å². The van der Waals surface area contributed by atoms with Crippen LogP contribution in [-0.4, -0.2) is 193 Å². The van der Waals surface area contributed by atoms with Crippen LogP contribution in [0.15, 0.2) is 34.7 Å². The summed E-state index contributed by atoms with van der Waals surface area (Å²) in [7, 11) is 2.50. The average molecular weight is 888 g/mol. The van der Waals surface area contributed by atoms with Crippen molar-refractivity contribution >= 4 is 22.9 Å². The number of aliphatic hydroxyl groups excluding tert-OH is 9. The van der Waals surface area contributed by atoms with Gasteiger partial charge in [0, 0.05) is 24.3 Å². The van der Waals surface area contributed by atoms with Gasteiger partial charge in [-0.1, -0.05) is 0 Å². The Morgan fingerprint density at radius 1 is 0.629 bits per heavy atom. The highest BCUT2D eigenvalue weighted by Gasteiger charge is 2.49. The van der Waals surface area contributed by atoms with Gasteiger partial charge in [0.15, 0.2) is 17.8 Å². The monoisotopic (exact) mass is 887 g/mol. The van der Waals surface area contributed by atoms with E-state index in [2.05, 4.69) is 0 Å². The fraction of sp³-hybridized carbons (Fsp3) is 0.553. The number of carboxylic acids is 1. The molecule has 3 aromatic rings. The molecule has 0 saturated carbocycles. The van der Waals surface area contributed by atoms with E-state index in [4.69, 9.17) is 52.2 Å². The van der Waals surface area contributed by atoms with Gasteiger partial charge in [-0.15, -0.1) is 0 Å². The summed E-state index contributed by atoms with van der Waals surface area (Å²) in [4.78, 5) is 22.8. The molecule has 3 aliphatic heterocycles. The summed E-state index contributed by atoms with van der Waals surface area (Å²) in [6.07, 6.45) is -26.7. The van der Waals surface area contributed by atoms with Crippen molar-refractivity contribution < 1.29 is 118 Å². The van der Waals surface area contributed by atoms with E-state index in [0.29, 0.717) is 0 Å². The van der Waals surface area contributed by atoms with Crippen LogP contribution in [0.1, 0.15) is 13.3 Å². The Bertz CT molecular complexity index is 2040. The lowest BCUT2D eigenvalue weighted by molar-refractivity contribution is -0.318. The molecule has 0 aliphatic carbocycles. The van der Waals surface area contributed by atoms with Gasteiger partial charge < -0.3 is 104 Å². The third-order valence-corrected chi connectivity index (χ3v) is 10.3. The molecule has 6 rings (SSSR count). The zero-order valence-electron chi connectivity index (χ0n) is 32.9. The Labute approximate surface area is 349 Å². The summed E-state index contributed by atoms with van der Waals surface area (Å²) in [5.74, 6) is -4.72. The van der Waals surface area contributed by atoms with E-state index in [1.54, 1.807) is 0 Å². The Balaban J connectivity index is 1.36. The number of fused-ring (bicyclic) bond motifs is 1. The number of hydrogen-bond acceptors (Lipinski definition) is 22. The van der Waals surface area contributed by atoms with E-state index in [9.17, 15) is 65.8 Å². The van der Waals surface area contributed by atoms with Gasteiger partial charge in [0.1, 0.15) is 97.1 Å². The van der Waals surface area contributed by atoms with Crippen LogP contribution in [0, 0.1) is 0 Å². The first-order chi connectivity index (χ1) is 29.3. The Hall–Kier alpha value is -4.93. The molecule has 12 N–H and O–H groups in total. The lowest BCUT2D eigenvalue weighted by atomic mass is 9.98. The molecule has 2 aromatic carbocycles. The van der Waals surface area contributed by atoms with Gasteiger partial charge in [-0.25, -0.2) is 4.42 Å². The molecular formula is C38H47O24+. The maximum atomic E-state index is 11.9. The summed E-state index contributed by atoms with van der Waals surface area (Å²) in [5, 5.41) is 126. The lowest BCUT2D eigenvalue weighted by Gasteiger charge is -2.42. The van der Waals surface area contributed by atoms with Gasteiger partial charge in [0.25, 0.3) is 0 Å². The first-order valence-electron chi connectivity index (χ1n) is 18.8. The third-order valence-electron chi connectivity index (χ3n) is 10.3. The molecule has 4 heterocycles. The number of esters is 1. The molecule has 24 heteroatoms. The minimum Gasteiger partial charge on any atom is -0.507 e. The van der Waals surface area contributed by atoms with E-state index in [0.717, 1.165) is 12.1 Å². The van der Waals surface area contributed by atoms with Crippen LogP contribution in [0.3, 0.4) is 0 Å². The first-order valence-corrected chi connectivity index (χ1v) is 18.8. The average Bonchev–Trinajstić information content (AvgIpc) is 3.23. The SMILES string of the molecule is COc1cc(-c2[o+]c3cc(O)cc(O[C@@H]4O[C@@H](COC(=O)CC(=O)O)[C@@H](O)[C@H](O)[C@H]4O)c3cc2O[C@@H]2O[C@H](CO[C@@H]3O[C@H](C)[C@H](O)[C@H](O)[C@@H]3O)[C@@H](O)[C@@H](O)[C@H]2O)cc(OC)c1O. The van der Waals surface area contributed by atoms with Crippen LogP contribution < -0.4 is 18.9 Å². The smallest absolute Gasteiger partial charge is 0.402 e. The number of aliphatic hydroxyl groups is 9. The summed E-state index contributed by atoms with van der Waals surface area (Å²) in [5.41, 5.74) is -0.0930. The molecule has 0 radical (unpaired) electrons. The number of carbonyl (C=O) groups is 2. The number of ether oxygens (including phenoxy) is 9. The standard InChI is InChI=1S/C38H46O24/c1-12-25(43)29(47)32(50)36(57-12)56-11-22-28(46)31(49)34(52)38(62-22)60-20-8-15-16(58-35(20)13-4-18(53-2)26(44)19(5-13)54-3)6-14(39)7-17(15)59-37-33(51)30(48)27(45)21(61-37)10-55-24(42)9-23(40)41/h4-8,12,21-22,25,27-34,36-38,43,45-52H,9-11H2,1-3H3,(H2-,39,40,41,44)/p+1/t12-,21+,22-,25+,27-,28-,29+,30+,31-,32+,33-,34-,36-,37-,38-/m1/s1. The minimum atomic E-state index is -1.99. The second-order valence-electron chi connectivity index (χ2n) is 14.6. The van der Waals surface area contributed by atoms with Crippen LogP contribution >= 0.6 is 0 Å². The highest BCUT2D eigenvalue weighted by Crippen LogP contribution is 2.46. The summed E-state index contributed by atoms with van der Waals surface area (Å²) >= 11 is 0. The highest BCUT2D eigenvalue weighted by atomic mass is 16.7. The van der Waals surface area contributed by atoms with Crippen LogP contribution in [0.2, 0.25) is 0 Å². The van der Waals surface area contributed by atoms with Gasteiger partial charge in [0.2, 0.25) is 24.1 Å². The zero-order chi connectivity index (χ0) is 45.3. The molecule has 0 amide bonds. The topological polar surface area (TPSA) is 371 Å². The van der Waals surface area contributed by atoms with Crippen LogP contribution in [-0.2, 0) is 33.3 Å². The van der Waals surface area contributed by atoms with Gasteiger partial charge in [-0.05, 0) is 6.92 Å². The molecule has 0 unspecified atom stereocenters. The predicted molar refractivity (Wildman–Crippen MR) is 199 cm³/mol. The van der Waals surface area contributed by atoms with Crippen molar-refractivity contribution in [2.75, 3.05) is 27.4 Å². The molecule has 3 fully saturated rings. The van der Waals surface area contributed by atoms with Crippen LogP contribution in [0.5, 0.6) is 34.5 Å².